The van der Waals surface area contributed by atoms with Crippen LogP contribution in [0.4, 0.5) is 0 Å². The quantitative estimate of drug-likeness (QED) is 0.877. The fourth-order valence-corrected chi connectivity index (χ4v) is 3.17. The van der Waals surface area contributed by atoms with E-state index in [1.165, 1.54) is 0 Å². The minimum Gasteiger partial charge on any atom is -0.496 e. The van der Waals surface area contributed by atoms with E-state index in [1.54, 1.807) is 27.9 Å². The van der Waals surface area contributed by atoms with Crippen LogP contribution in [0.5, 0.6) is 5.75 Å². The highest BCUT2D eigenvalue weighted by molar-refractivity contribution is 7.92. The summed E-state index contributed by atoms with van der Waals surface area (Å²) in [5.41, 5.74) is 0.879. The van der Waals surface area contributed by atoms with Crippen molar-refractivity contribution in [3.8, 4) is 5.75 Å². The number of para-hydroxylation sites is 1. The Labute approximate surface area is 122 Å². The van der Waals surface area contributed by atoms with Crippen molar-refractivity contribution in [3.05, 3.63) is 29.8 Å². The average Bonchev–Trinajstić information content (AvgIpc) is 2.36. The largest absolute Gasteiger partial charge is 0.496 e. The topological polar surface area (TPSA) is 55.4 Å². The fourth-order valence-electron chi connectivity index (χ4n) is 1.93. The van der Waals surface area contributed by atoms with Crippen molar-refractivity contribution in [2.45, 2.75) is 38.5 Å². The summed E-state index contributed by atoms with van der Waals surface area (Å²) in [6, 6.07) is 7.27. The van der Waals surface area contributed by atoms with E-state index in [9.17, 15) is 8.42 Å². The maximum absolute atomic E-state index is 12.4. The van der Waals surface area contributed by atoms with Crippen LogP contribution in [0.15, 0.2) is 24.3 Å². The average molecular weight is 299 g/mol. The van der Waals surface area contributed by atoms with Crippen molar-refractivity contribution < 1.29 is 13.2 Å². The molecule has 5 heteroatoms. The van der Waals surface area contributed by atoms with Gasteiger partial charge in [-0.2, -0.15) is 0 Å². The van der Waals surface area contributed by atoms with Gasteiger partial charge in [0.2, 0.25) is 0 Å². The summed E-state index contributed by atoms with van der Waals surface area (Å²) < 4.78 is 29.4. The number of rotatable bonds is 6. The predicted molar refractivity (Wildman–Crippen MR) is 83.0 cm³/mol. The van der Waals surface area contributed by atoms with Crippen molar-refractivity contribution in [1.29, 1.82) is 0 Å². The molecule has 1 unspecified atom stereocenters. The molecule has 1 atom stereocenters. The second kappa shape index (κ2) is 6.59. The molecule has 114 valence electrons. The van der Waals surface area contributed by atoms with Crippen LogP contribution in [-0.4, -0.2) is 32.6 Å². The molecule has 0 bridgehead atoms. The van der Waals surface area contributed by atoms with Gasteiger partial charge in [-0.15, -0.1) is 0 Å². The number of methoxy groups -OCH3 is 1. The zero-order valence-corrected chi connectivity index (χ0v) is 13.8. The first kappa shape index (κ1) is 17.0. The van der Waals surface area contributed by atoms with Crippen LogP contribution in [0.2, 0.25) is 0 Å². The van der Waals surface area contributed by atoms with Gasteiger partial charge in [0.25, 0.3) is 0 Å². The van der Waals surface area contributed by atoms with Crippen LogP contribution in [0.25, 0.3) is 0 Å². The smallest absolute Gasteiger partial charge is 0.157 e. The van der Waals surface area contributed by atoms with Gasteiger partial charge in [-0.05, 0) is 33.4 Å². The van der Waals surface area contributed by atoms with Gasteiger partial charge in [0.05, 0.1) is 17.6 Å². The van der Waals surface area contributed by atoms with Gasteiger partial charge in [0, 0.05) is 11.6 Å². The normalized spacial score (nSPS) is 14.1. The van der Waals surface area contributed by atoms with Crippen LogP contribution < -0.4 is 10.1 Å². The molecule has 0 amide bonds. The van der Waals surface area contributed by atoms with Crippen LogP contribution in [0.3, 0.4) is 0 Å². The van der Waals surface area contributed by atoms with Gasteiger partial charge in [0.1, 0.15) is 5.75 Å². The molecule has 4 nitrogen and oxygen atoms in total. The molecule has 1 aromatic rings. The van der Waals surface area contributed by atoms with Gasteiger partial charge in [-0.3, -0.25) is 0 Å². The number of hydrogen-bond donors (Lipinski definition) is 1. The van der Waals surface area contributed by atoms with E-state index in [2.05, 4.69) is 5.32 Å². The van der Waals surface area contributed by atoms with E-state index in [4.69, 9.17) is 4.74 Å². The highest BCUT2D eigenvalue weighted by Crippen LogP contribution is 2.28. The minimum atomic E-state index is -3.21. The summed E-state index contributed by atoms with van der Waals surface area (Å²) in [7, 11) is -1.61. The molecule has 1 N–H and O–H groups in total. The minimum absolute atomic E-state index is 0.0602. The Morgan fingerprint density at radius 1 is 1.25 bits per heavy atom. The molecule has 0 aromatic heterocycles. The van der Waals surface area contributed by atoms with Crippen molar-refractivity contribution in [2.75, 3.05) is 19.4 Å². The second-order valence-corrected chi connectivity index (χ2v) is 8.53. The Balaban J connectivity index is 3.13. The highest BCUT2D eigenvalue weighted by Gasteiger charge is 2.32. The monoisotopic (exact) mass is 299 g/mol. The third kappa shape index (κ3) is 3.96. The first-order valence-electron chi connectivity index (χ1n) is 6.81. The van der Waals surface area contributed by atoms with Crippen molar-refractivity contribution >= 4 is 9.84 Å². The van der Waals surface area contributed by atoms with Crippen molar-refractivity contribution in [3.63, 3.8) is 0 Å². The van der Waals surface area contributed by atoms with Crippen LogP contribution in [-0.2, 0) is 9.84 Å². The molecule has 0 saturated carbocycles. The molecule has 0 fully saturated rings. The van der Waals surface area contributed by atoms with E-state index in [1.807, 2.05) is 31.2 Å². The molecule has 1 aromatic carbocycles. The first-order valence-corrected chi connectivity index (χ1v) is 8.46. The van der Waals surface area contributed by atoms with Crippen molar-refractivity contribution in [2.24, 2.45) is 0 Å². The Hall–Kier alpha value is -1.07. The first-order chi connectivity index (χ1) is 9.23. The fraction of sp³-hybridized carbons (Fsp3) is 0.600. The lowest BCUT2D eigenvalue weighted by molar-refractivity contribution is 0.402. The molecule has 0 aliphatic carbocycles. The van der Waals surface area contributed by atoms with E-state index in [-0.39, 0.29) is 11.8 Å². The van der Waals surface area contributed by atoms with E-state index >= 15 is 0 Å². The molecule has 1 rings (SSSR count). The van der Waals surface area contributed by atoms with E-state index in [0.29, 0.717) is 12.3 Å². The summed E-state index contributed by atoms with van der Waals surface area (Å²) in [4.78, 5) is 0. The standard InChI is InChI=1S/C15H25NO3S/c1-6-16-13(11-20(17,18)15(2,3)4)12-9-7-8-10-14(12)19-5/h7-10,13,16H,6,11H2,1-5H3. The SMILES string of the molecule is CCNC(CS(=O)(=O)C(C)(C)C)c1ccccc1OC. The Bertz CT molecular complexity index is 532. The maximum Gasteiger partial charge on any atom is 0.157 e. The number of hydrogen-bond acceptors (Lipinski definition) is 4. The summed E-state index contributed by atoms with van der Waals surface area (Å²) in [5.74, 6) is 0.771. The number of nitrogens with one attached hydrogen (secondary N) is 1. The lowest BCUT2D eigenvalue weighted by atomic mass is 10.1. The van der Waals surface area contributed by atoms with Gasteiger partial charge < -0.3 is 10.1 Å². The lowest BCUT2D eigenvalue weighted by Gasteiger charge is -2.25. The van der Waals surface area contributed by atoms with Crippen LogP contribution in [0, 0.1) is 0 Å². The molecule has 0 aliphatic heterocycles. The zero-order valence-electron chi connectivity index (χ0n) is 12.9. The molecular weight excluding hydrogens is 274 g/mol. The van der Waals surface area contributed by atoms with Crippen LogP contribution in [0.1, 0.15) is 39.3 Å². The number of benzene rings is 1. The zero-order chi connectivity index (χ0) is 15.4. The maximum atomic E-state index is 12.4. The van der Waals surface area contributed by atoms with Gasteiger partial charge in [0.15, 0.2) is 9.84 Å². The third-order valence-electron chi connectivity index (χ3n) is 3.28. The molecule has 20 heavy (non-hydrogen) atoms. The molecule has 0 spiro atoms. The van der Waals surface area contributed by atoms with Crippen LogP contribution >= 0.6 is 0 Å². The summed E-state index contributed by atoms with van der Waals surface area (Å²) in [6.45, 7) is 7.85. The summed E-state index contributed by atoms with van der Waals surface area (Å²) in [5, 5.41) is 3.24. The van der Waals surface area contributed by atoms with Gasteiger partial charge >= 0.3 is 0 Å². The van der Waals surface area contributed by atoms with E-state index < -0.39 is 14.6 Å². The summed E-state index contributed by atoms with van der Waals surface area (Å²) >= 11 is 0. The Kier molecular flexibility index (Phi) is 5.59. The van der Waals surface area contributed by atoms with Crippen molar-refractivity contribution in [1.82, 2.24) is 5.32 Å². The number of sulfone groups is 1. The molecule has 0 saturated heterocycles. The predicted octanol–water partition coefficient (Wildman–Crippen LogP) is 2.56. The van der Waals surface area contributed by atoms with Gasteiger partial charge in [-0.25, -0.2) is 8.42 Å². The van der Waals surface area contributed by atoms with E-state index in [0.717, 1.165) is 5.56 Å². The second-order valence-electron chi connectivity index (χ2n) is 5.75. The Morgan fingerprint density at radius 3 is 2.35 bits per heavy atom. The highest BCUT2D eigenvalue weighted by atomic mass is 32.2. The molecular formula is C15H25NO3S. The molecule has 0 radical (unpaired) electrons. The summed E-state index contributed by atoms with van der Waals surface area (Å²) in [6.07, 6.45) is 0. The number of ether oxygens (including phenoxy) is 1. The lowest BCUT2D eigenvalue weighted by Crippen LogP contribution is -2.37. The van der Waals surface area contributed by atoms with Gasteiger partial charge in [-0.1, -0.05) is 25.1 Å². The third-order valence-corrected chi connectivity index (χ3v) is 5.92. The molecule has 0 heterocycles. The molecule has 0 aliphatic rings. The Morgan fingerprint density at radius 2 is 1.85 bits per heavy atom.